The van der Waals surface area contributed by atoms with Crippen molar-refractivity contribution in [3.8, 4) is 0 Å². The molecule has 0 heterocycles. The van der Waals surface area contributed by atoms with E-state index in [1.54, 1.807) is 0 Å². The average molecular weight is 225 g/mol. The van der Waals surface area contributed by atoms with Crippen molar-refractivity contribution in [1.82, 2.24) is 4.90 Å². The molecule has 2 unspecified atom stereocenters. The van der Waals surface area contributed by atoms with E-state index in [0.717, 1.165) is 0 Å². The van der Waals surface area contributed by atoms with Gasteiger partial charge in [0.1, 0.15) is 6.54 Å². The van der Waals surface area contributed by atoms with Crippen LogP contribution in [-0.2, 0) is 4.79 Å². The predicted octanol–water partition coefficient (Wildman–Crippen LogP) is 1.03. The molecule has 15 heavy (non-hydrogen) atoms. The maximum absolute atomic E-state index is 12.1. The van der Waals surface area contributed by atoms with Gasteiger partial charge in [-0.1, -0.05) is 6.92 Å². The largest absolute Gasteiger partial charge is 0.406 e. The maximum atomic E-state index is 12.1. The summed E-state index contributed by atoms with van der Waals surface area (Å²) in [6.45, 7) is -0.132. The molecular weight excluding hydrogens is 211 g/mol. The van der Waals surface area contributed by atoms with E-state index in [0.29, 0.717) is 11.3 Å². The van der Waals surface area contributed by atoms with E-state index in [4.69, 9.17) is 5.11 Å². The second kappa shape index (κ2) is 4.38. The van der Waals surface area contributed by atoms with E-state index in [9.17, 15) is 18.0 Å². The van der Waals surface area contributed by atoms with Gasteiger partial charge < -0.3 is 10.0 Å². The van der Waals surface area contributed by atoms with Gasteiger partial charge in [0.15, 0.2) is 0 Å². The fraction of sp³-hybridized carbons (Fsp3) is 0.889. The highest BCUT2D eigenvalue weighted by molar-refractivity contribution is 5.81. The van der Waals surface area contributed by atoms with E-state index in [1.165, 1.54) is 0 Å². The molecule has 0 aromatic carbocycles. The minimum absolute atomic E-state index is 0.173. The zero-order valence-electron chi connectivity index (χ0n) is 8.42. The van der Waals surface area contributed by atoms with E-state index in [2.05, 4.69) is 0 Å². The van der Waals surface area contributed by atoms with Crippen LogP contribution in [-0.4, -0.2) is 41.8 Å². The number of aliphatic hydroxyl groups is 1. The Morgan fingerprint density at radius 3 is 2.40 bits per heavy atom. The number of rotatable bonds is 4. The van der Waals surface area contributed by atoms with Crippen molar-refractivity contribution < 1.29 is 23.1 Å². The predicted molar refractivity (Wildman–Crippen MR) is 47.0 cm³/mol. The SMILES string of the molecule is CC1CC1C(=O)N(CCO)CC(F)(F)F. The molecule has 3 nitrogen and oxygen atoms in total. The number of nitrogens with zero attached hydrogens (tertiary/aromatic N) is 1. The van der Waals surface area contributed by atoms with Gasteiger partial charge in [-0.2, -0.15) is 13.2 Å². The second-order valence-electron chi connectivity index (χ2n) is 3.92. The Balaban J connectivity index is 2.53. The first-order valence-electron chi connectivity index (χ1n) is 4.81. The van der Waals surface area contributed by atoms with Gasteiger partial charge >= 0.3 is 6.18 Å². The molecule has 6 heteroatoms. The number of amides is 1. The Hall–Kier alpha value is -0.780. The van der Waals surface area contributed by atoms with Crippen molar-refractivity contribution in [3.05, 3.63) is 0 Å². The third kappa shape index (κ3) is 3.70. The Bertz CT molecular complexity index is 242. The van der Waals surface area contributed by atoms with Gasteiger partial charge in [-0.15, -0.1) is 0 Å². The Kier molecular flexibility index (Phi) is 3.59. The lowest BCUT2D eigenvalue weighted by atomic mass is 10.3. The van der Waals surface area contributed by atoms with Crippen LogP contribution in [0.15, 0.2) is 0 Å². The third-order valence-electron chi connectivity index (χ3n) is 2.48. The molecule has 1 saturated carbocycles. The fourth-order valence-corrected chi connectivity index (χ4v) is 1.50. The molecule has 0 aliphatic heterocycles. The molecule has 1 amide bonds. The molecular formula is C9H14F3NO2. The summed E-state index contributed by atoms with van der Waals surface area (Å²) in [4.78, 5) is 12.2. The number of hydrogen-bond acceptors (Lipinski definition) is 2. The molecule has 0 spiro atoms. The van der Waals surface area contributed by atoms with E-state index in [1.807, 2.05) is 6.92 Å². The number of carbonyl (C=O) groups is 1. The van der Waals surface area contributed by atoms with Gasteiger partial charge in [-0.05, 0) is 12.3 Å². The third-order valence-corrected chi connectivity index (χ3v) is 2.48. The first-order chi connectivity index (χ1) is 6.85. The van der Waals surface area contributed by atoms with Crippen molar-refractivity contribution >= 4 is 5.91 Å². The molecule has 1 N–H and O–H groups in total. The number of hydrogen-bond donors (Lipinski definition) is 1. The van der Waals surface area contributed by atoms with Crippen molar-refractivity contribution in [1.29, 1.82) is 0 Å². The Morgan fingerprint density at radius 1 is 1.53 bits per heavy atom. The molecule has 1 aliphatic carbocycles. The van der Waals surface area contributed by atoms with Crippen LogP contribution in [0.25, 0.3) is 0 Å². The number of halogens is 3. The van der Waals surface area contributed by atoms with Gasteiger partial charge in [0.05, 0.1) is 6.61 Å². The van der Waals surface area contributed by atoms with Gasteiger partial charge in [-0.3, -0.25) is 4.79 Å². The van der Waals surface area contributed by atoms with Crippen LogP contribution in [0.5, 0.6) is 0 Å². The number of aliphatic hydroxyl groups excluding tert-OH is 1. The van der Waals surface area contributed by atoms with E-state index >= 15 is 0 Å². The summed E-state index contributed by atoms with van der Waals surface area (Å²) in [6, 6.07) is 0. The highest BCUT2D eigenvalue weighted by Crippen LogP contribution is 2.39. The van der Waals surface area contributed by atoms with Gasteiger partial charge in [-0.25, -0.2) is 0 Å². The average Bonchev–Trinajstić information content (AvgIpc) is 2.78. The highest BCUT2D eigenvalue weighted by Gasteiger charge is 2.43. The van der Waals surface area contributed by atoms with Gasteiger partial charge in [0.25, 0.3) is 0 Å². The molecule has 0 aromatic heterocycles. The lowest BCUT2D eigenvalue weighted by Crippen LogP contribution is -2.41. The van der Waals surface area contributed by atoms with Crippen LogP contribution < -0.4 is 0 Å². The molecule has 0 aromatic rings. The lowest BCUT2D eigenvalue weighted by molar-refractivity contribution is -0.163. The summed E-state index contributed by atoms with van der Waals surface area (Å²) in [7, 11) is 0. The Morgan fingerprint density at radius 2 is 2.07 bits per heavy atom. The van der Waals surface area contributed by atoms with Crippen LogP contribution >= 0.6 is 0 Å². The van der Waals surface area contributed by atoms with Crippen LogP contribution in [0.4, 0.5) is 13.2 Å². The van der Waals surface area contributed by atoms with Crippen LogP contribution in [0.1, 0.15) is 13.3 Å². The zero-order chi connectivity index (χ0) is 11.6. The second-order valence-corrected chi connectivity index (χ2v) is 3.92. The minimum atomic E-state index is -4.40. The first kappa shape index (κ1) is 12.3. The first-order valence-corrected chi connectivity index (χ1v) is 4.81. The van der Waals surface area contributed by atoms with Crippen LogP contribution in [0.3, 0.4) is 0 Å². The van der Waals surface area contributed by atoms with E-state index < -0.39 is 25.2 Å². The minimum Gasteiger partial charge on any atom is -0.395 e. The molecule has 2 atom stereocenters. The molecule has 1 aliphatic rings. The highest BCUT2D eigenvalue weighted by atomic mass is 19.4. The summed E-state index contributed by atoms with van der Waals surface area (Å²) >= 11 is 0. The Labute approximate surface area is 85.9 Å². The molecule has 0 radical (unpaired) electrons. The molecule has 1 rings (SSSR count). The lowest BCUT2D eigenvalue weighted by Gasteiger charge is -2.23. The van der Waals surface area contributed by atoms with Crippen molar-refractivity contribution in [2.45, 2.75) is 19.5 Å². The summed E-state index contributed by atoms with van der Waals surface area (Å²) in [6.07, 6.45) is -3.75. The van der Waals surface area contributed by atoms with Crippen LogP contribution in [0.2, 0.25) is 0 Å². The summed E-state index contributed by atoms with van der Waals surface area (Å²) in [5.41, 5.74) is 0. The molecule has 88 valence electrons. The number of alkyl halides is 3. The van der Waals surface area contributed by atoms with E-state index in [-0.39, 0.29) is 18.4 Å². The number of carbonyl (C=O) groups excluding carboxylic acids is 1. The molecule has 0 saturated heterocycles. The van der Waals surface area contributed by atoms with Crippen molar-refractivity contribution in [2.75, 3.05) is 19.7 Å². The monoisotopic (exact) mass is 225 g/mol. The summed E-state index contributed by atoms with van der Waals surface area (Å²) in [5.74, 6) is -0.597. The zero-order valence-corrected chi connectivity index (χ0v) is 8.42. The quantitative estimate of drug-likeness (QED) is 0.776. The molecule has 0 bridgehead atoms. The topological polar surface area (TPSA) is 40.5 Å². The van der Waals surface area contributed by atoms with Crippen molar-refractivity contribution in [3.63, 3.8) is 0 Å². The van der Waals surface area contributed by atoms with Gasteiger partial charge in [0, 0.05) is 12.5 Å². The molecule has 1 fully saturated rings. The van der Waals surface area contributed by atoms with Crippen molar-refractivity contribution in [2.24, 2.45) is 11.8 Å². The normalized spacial score (nSPS) is 25.1. The fourth-order valence-electron chi connectivity index (χ4n) is 1.50. The van der Waals surface area contributed by atoms with Crippen LogP contribution in [0, 0.1) is 11.8 Å². The standard InChI is InChI=1S/C9H14F3NO2/c1-6-4-7(6)8(15)13(2-3-14)5-9(10,11)12/h6-7,14H,2-5H2,1H3. The maximum Gasteiger partial charge on any atom is 0.406 e. The van der Waals surface area contributed by atoms with Gasteiger partial charge in [0.2, 0.25) is 5.91 Å². The summed E-state index contributed by atoms with van der Waals surface area (Å²) < 4.78 is 36.3. The smallest absolute Gasteiger partial charge is 0.395 e. The summed E-state index contributed by atoms with van der Waals surface area (Å²) in [5, 5.41) is 8.59.